The van der Waals surface area contributed by atoms with Crippen LogP contribution in [0.2, 0.25) is 0 Å². The van der Waals surface area contributed by atoms with Gasteiger partial charge in [0.15, 0.2) is 10.9 Å². The third-order valence-electron chi connectivity index (χ3n) is 3.21. The molecule has 130 valence electrons. The van der Waals surface area contributed by atoms with E-state index < -0.39 is 10.8 Å². The number of para-hydroxylation sites is 1. The van der Waals surface area contributed by atoms with E-state index in [0.29, 0.717) is 17.0 Å². The van der Waals surface area contributed by atoms with Crippen LogP contribution in [-0.2, 0) is 0 Å². The molecule has 0 unspecified atom stereocenters. The van der Waals surface area contributed by atoms with Gasteiger partial charge in [0.1, 0.15) is 5.75 Å². The smallest absolute Gasteiger partial charge is 0.312 e. The molecule has 0 aliphatic rings. The summed E-state index contributed by atoms with van der Waals surface area (Å²) in [6, 6.07) is 10.9. The Kier molecular flexibility index (Phi) is 5.85. The van der Waals surface area contributed by atoms with Gasteiger partial charge < -0.3 is 14.8 Å². The number of amides is 1. The normalized spacial score (nSPS) is 9.84. The number of hydrogen-bond acceptors (Lipinski definition) is 6. The maximum Gasteiger partial charge on any atom is 0.312 e. The molecule has 25 heavy (non-hydrogen) atoms. The number of methoxy groups -OCH3 is 2. The standard InChI is InChI=1S/C16H15N3O5S/c1-23-13-6-4-3-5-11(13)15(20)18-16(25)17-10-7-8-14(24-2)12(9-10)19(21)22/h3-9H,1-2H3,(H2,17,18,20,25). The summed E-state index contributed by atoms with van der Waals surface area (Å²) in [5.41, 5.74) is 0.444. The van der Waals surface area contributed by atoms with Crippen molar-refractivity contribution in [2.24, 2.45) is 0 Å². The van der Waals surface area contributed by atoms with E-state index in [2.05, 4.69) is 10.6 Å². The highest BCUT2D eigenvalue weighted by Gasteiger charge is 2.17. The van der Waals surface area contributed by atoms with Crippen molar-refractivity contribution >= 4 is 34.6 Å². The highest BCUT2D eigenvalue weighted by atomic mass is 32.1. The first-order chi connectivity index (χ1) is 12.0. The Morgan fingerprint density at radius 1 is 1.12 bits per heavy atom. The monoisotopic (exact) mass is 361 g/mol. The van der Waals surface area contributed by atoms with E-state index in [-0.39, 0.29) is 16.5 Å². The Morgan fingerprint density at radius 3 is 2.44 bits per heavy atom. The Hall–Kier alpha value is -3.20. The molecular formula is C16H15N3O5S. The van der Waals surface area contributed by atoms with Crippen molar-refractivity contribution in [1.29, 1.82) is 0 Å². The molecule has 0 aliphatic heterocycles. The number of benzene rings is 2. The van der Waals surface area contributed by atoms with Crippen molar-refractivity contribution in [3.05, 3.63) is 58.1 Å². The van der Waals surface area contributed by atoms with Crippen molar-refractivity contribution in [3.8, 4) is 11.5 Å². The Labute approximate surface area is 148 Å². The van der Waals surface area contributed by atoms with Crippen molar-refractivity contribution in [1.82, 2.24) is 5.32 Å². The summed E-state index contributed by atoms with van der Waals surface area (Å²) in [4.78, 5) is 22.7. The Bertz CT molecular complexity index is 825. The molecule has 2 aromatic carbocycles. The number of nitrogens with zero attached hydrogens (tertiary/aromatic N) is 1. The van der Waals surface area contributed by atoms with Crippen LogP contribution in [0.15, 0.2) is 42.5 Å². The minimum atomic E-state index is -0.569. The lowest BCUT2D eigenvalue weighted by molar-refractivity contribution is -0.385. The van der Waals surface area contributed by atoms with Crippen molar-refractivity contribution in [2.75, 3.05) is 19.5 Å². The second-order valence-electron chi connectivity index (χ2n) is 4.75. The summed E-state index contributed by atoms with van der Waals surface area (Å²) in [6.07, 6.45) is 0. The van der Waals surface area contributed by atoms with E-state index in [1.807, 2.05) is 0 Å². The number of carbonyl (C=O) groups is 1. The van der Waals surface area contributed by atoms with Gasteiger partial charge in [-0.05, 0) is 36.5 Å². The minimum Gasteiger partial charge on any atom is -0.496 e. The molecule has 8 nitrogen and oxygen atoms in total. The molecule has 0 atom stereocenters. The fraction of sp³-hybridized carbons (Fsp3) is 0.125. The first-order valence-electron chi connectivity index (χ1n) is 7.04. The molecule has 9 heteroatoms. The number of rotatable bonds is 5. The Balaban J connectivity index is 2.11. The molecule has 0 saturated heterocycles. The molecule has 0 fully saturated rings. The van der Waals surface area contributed by atoms with E-state index in [9.17, 15) is 14.9 Å². The lowest BCUT2D eigenvalue weighted by Gasteiger charge is -2.12. The maximum atomic E-state index is 12.3. The van der Waals surface area contributed by atoms with Crippen LogP contribution in [0.1, 0.15) is 10.4 Å². The first kappa shape index (κ1) is 18.1. The number of ether oxygens (including phenoxy) is 2. The highest BCUT2D eigenvalue weighted by Crippen LogP contribution is 2.29. The second-order valence-corrected chi connectivity index (χ2v) is 5.16. The van der Waals surface area contributed by atoms with Crippen LogP contribution in [0, 0.1) is 10.1 Å². The molecule has 2 rings (SSSR count). The fourth-order valence-corrected chi connectivity index (χ4v) is 2.29. The molecule has 0 radical (unpaired) electrons. The van der Waals surface area contributed by atoms with Gasteiger partial charge in [-0.25, -0.2) is 0 Å². The van der Waals surface area contributed by atoms with Crippen molar-refractivity contribution < 1.29 is 19.2 Å². The van der Waals surface area contributed by atoms with E-state index in [1.54, 1.807) is 30.3 Å². The highest BCUT2D eigenvalue weighted by molar-refractivity contribution is 7.80. The van der Waals surface area contributed by atoms with Gasteiger partial charge >= 0.3 is 5.69 Å². The van der Waals surface area contributed by atoms with E-state index in [1.165, 1.54) is 26.4 Å². The van der Waals surface area contributed by atoms with Gasteiger partial charge in [0.25, 0.3) is 5.91 Å². The molecular weight excluding hydrogens is 346 g/mol. The lowest BCUT2D eigenvalue weighted by atomic mass is 10.2. The van der Waals surface area contributed by atoms with Crippen LogP contribution in [0.3, 0.4) is 0 Å². The van der Waals surface area contributed by atoms with Crippen LogP contribution in [0.5, 0.6) is 11.5 Å². The van der Waals surface area contributed by atoms with Crippen LogP contribution < -0.4 is 20.1 Å². The van der Waals surface area contributed by atoms with Gasteiger partial charge in [-0.2, -0.15) is 0 Å². The molecule has 0 bridgehead atoms. The zero-order valence-corrected chi connectivity index (χ0v) is 14.3. The van der Waals surface area contributed by atoms with Gasteiger partial charge in [-0.3, -0.25) is 20.2 Å². The summed E-state index contributed by atoms with van der Waals surface area (Å²) in [6.45, 7) is 0. The van der Waals surface area contributed by atoms with E-state index in [0.717, 1.165) is 0 Å². The van der Waals surface area contributed by atoms with Crippen LogP contribution in [0.25, 0.3) is 0 Å². The first-order valence-corrected chi connectivity index (χ1v) is 7.45. The molecule has 0 saturated carbocycles. The van der Waals surface area contributed by atoms with Crippen molar-refractivity contribution in [2.45, 2.75) is 0 Å². The zero-order chi connectivity index (χ0) is 18.4. The summed E-state index contributed by atoms with van der Waals surface area (Å²) < 4.78 is 10.0. The SMILES string of the molecule is COc1ccccc1C(=O)NC(=S)Nc1ccc(OC)c([N+](=O)[O-])c1. The second kappa shape index (κ2) is 8.06. The predicted octanol–water partition coefficient (Wildman–Crippen LogP) is 2.74. The van der Waals surface area contributed by atoms with Gasteiger partial charge in [-0.1, -0.05) is 12.1 Å². The topological polar surface area (TPSA) is 103 Å². The zero-order valence-electron chi connectivity index (χ0n) is 13.4. The summed E-state index contributed by atoms with van der Waals surface area (Å²) in [5, 5.41) is 16.3. The Morgan fingerprint density at radius 2 is 1.80 bits per heavy atom. The number of nitro benzene ring substituents is 1. The van der Waals surface area contributed by atoms with Gasteiger partial charge in [0, 0.05) is 11.8 Å². The number of anilines is 1. The molecule has 2 aromatic rings. The summed E-state index contributed by atoms with van der Waals surface area (Å²) >= 11 is 5.08. The number of nitrogens with one attached hydrogen (secondary N) is 2. The third kappa shape index (κ3) is 4.42. The van der Waals surface area contributed by atoms with Crippen LogP contribution in [0.4, 0.5) is 11.4 Å². The fourth-order valence-electron chi connectivity index (χ4n) is 2.08. The van der Waals surface area contributed by atoms with Gasteiger partial charge in [-0.15, -0.1) is 0 Å². The number of hydrogen-bond donors (Lipinski definition) is 2. The van der Waals surface area contributed by atoms with Gasteiger partial charge in [0.2, 0.25) is 0 Å². The molecule has 0 aliphatic carbocycles. The van der Waals surface area contributed by atoms with Crippen LogP contribution in [-0.4, -0.2) is 30.2 Å². The third-order valence-corrected chi connectivity index (χ3v) is 3.42. The lowest BCUT2D eigenvalue weighted by Crippen LogP contribution is -2.34. The summed E-state index contributed by atoms with van der Waals surface area (Å²) in [7, 11) is 2.80. The van der Waals surface area contributed by atoms with E-state index >= 15 is 0 Å². The maximum absolute atomic E-state index is 12.3. The number of carbonyl (C=O) groups excluding carboxylic acids is 1. The van der Waals surface area contributed by atoms with Crippen LogP contribution >= 0.6 is 12.2 Å². The largest absolute Gasteiger partial charge is 0.496 e. The molecule has 2 N–H and O–H groups in total. The molecule has 0 aromatic heterocycles. The average molecular weight is 361 g/mol. The molecule has 1 amide bonds. The predicted molar refractivity (Wildman–Crippen MR) is 96.3 cm³/mol. The molecule has 0 heterocycles. The van der Waals surface area contributed by atoms with Crippen molar-refractivity contribution in [3.63, 3.8) is 0 Å². The number of thiocarbonyl (C=S) groups is 1. The van der Waals surface area contributed by atoms with Gasteiger partial charge in [0.05, 0.1) is 24.7 Å². The summed E-state index contributed by atoms with van der Waals surface area (Å²) in [5.74, 6) is 0.0698. The minimum absolute atomic E-state index is 0.00429. The number of nitro groups is 1. The van der Waals surface area contributed by atoms with E-state index in [4.69, 9.17) is 21.7 Å². The molecule has 0 spiro atoms. The average Bonchev–Trinajstić information content (AvgIpc) is 2.61. The quantitative estimate of drug-likeness (QED) is 0.479.